The molecule has 1 aromatic carbocycles. The number of methoxy groups -OCH3 is 1. The van der Waals surface area contributed by atoms with Crippen molar-refractivity contribution in [2.24, 2.45) is 0 Å². The number of hydrogen-bond acceptors (Lipinski definition) is 4. The van der Waals surface area contributed by atoms with Crippen LogP contribution in [0.1, 0.15) is 40.0 Å². The third-order valence-corrected chi connectivity index (χ3v) is 9.18. The summed E-state index contributed by atoms with van der Waals surface area (Å²) in [6, 6.07) is 11.7. The summed E-state index contributed by atoms with van der Waals surface area (Å²) in [5, 5.41) is 3.63. The molecule has 0 aromatic heterocycles. The van der Waals surface area contributed by atoms with Gasteiger partial charge in [-0.25, -0.2) is 0 Å². The first-order valence-electron chi connectivity index (χ1n) is 10.8. The Morgan fingerprint density at radius 1 is 1.24 bits per heavy atom. The summed E-state index contributed by atoms with van der Waals surface area (Å²) in [6.45, 7) is 8.86. The summed E-state index contributed by atoms with van der Waals surface area (Å²) in [5.74, 6) is 1.48. The molecule has 3 rings (SSSR count). The van der Waals surface area contributed by atoms with Crippen molar-refractivity contribution >= 4 is 31.2 Å². The third kappa shape index (κ3) is 6.72. The molecule has 1 saturated carbocycles. The number of nitrogens with one attached hydrogen (secondary N) is 1. The van der Waals surface area contributed by atoms with Gasteiger partial charge in [0.05, 0.1) is 0 Å². The monoisotopic (exact) mass is 479 g/mol. The number of hydrazine groups is 1. The first kappa shape index (κ1) is 23.6. The Balaban J connectivity index is 1.77. The molecule has 0 amide bonds. The van der Waals surface area contributed by atoms with E-state index in [0.717, 1.165) is 19.6 Å². The van der Waals surface area contributed by atoms with E-state index in [1.54, 1.807) is 0 Å². The Labute approximate surface area is 189 Å². The molecule has 3 atom stereocenters. The molecule has 0 bridgehead atoms. The fraction of sp³-hybridized carbons (Fsp3) is 0.542. The molecule has 2 fully saturated rings. The molecule has 1 N–H and O–H groups in total. The van der Waals surface area contributed by atoms with E-state index in [-0.39, 0.29) is 0 Å². The average Bonchev–Trinajstić information content (AvgIpc) is 3.35. The van der Waals surface area contributed by atoms with E-state index in [0.29, 0.717) is 37.5 Å². The molecule has 2 aliphatic rings. The molecular weight excluding hydrogens is 443 g/mol. The second-order valence-electron chi connectivity index (χ2n) is 7.94. The zero-order valence-electron chi connectivity index (χ0n) is 18.1. The molecule has 3 nitrogen and oxygen atoms in total. The fourth-order valence-electron chi connectivity index (χ4n) is 4.05. The van der Waals surface area contributed by atoms with Crippen LogP contribution >= 0.6 is 11.8 Å². The van der Waals surface area contributed by atoms with Crippen molar-refractivity contribution in [2.75, 3.05) is 20.3 Å². The van der Waals surface area contributed by atoms with E-state index in [9.17, 15) is 0 Å². The van der Waals surface area contributed by atoms with Crippen LogP contribution in [0.15, 0.2) is 30.3 Å². The van der Waals surface area contributed by atoms with Gasteiger partial charge in [0.2, 0.25) is 0 Å². The molecule has 1 saturated heterocycles. The Hall–Kier alpha value is -0.0305. The molecule has 1 heterocycles. The van der Waals surface area contributed by atoms with E-state index in [2.05, 4.69) is 92.6 Å². The molecule has 0 spiro atoms. The summed E-state index contributed by atoms with van der Waals surface area (Å²) in [7, 11) is 1.81. The summed E-state index contributed by atoms with van der Waals surface area (Å²) in [4.78, 5) is 1.51. The predicted octanol–water partition coefficient (Wildman–Crippen LogP) is 3.65. The molecular formula is C24H35N2OSSe. The summed E-state index contributed by atoms with van der Waals surface area (Å²) in [5.41, 5.74) is 3.98. The Bertz CT molecular complexity index is 588. The maximum atomic E-state index is 5.50. The van der Waals surface area contributed by atoms with Gasteiger partial charge in [-0.3, -0.25) is 0 Å². The van der Waals surface area contributed by atoms with Crippen LogP contribution in [0, 0.1) is 30.0 Å². The van der Waals surface area contributed by atoms with Crippen LogP contribution in [0.3, 0.4) is 0 Å². The zero-order valence-corrected chi connectivity index (χ0v) is 20.7. The number of benzene rings is 1. The van der Waals surface area contributed by atoms with Gasteiger partial charge >= 0.3 is 190 Å². The van der Waals surface area contributed by atoms with Crippen LogP contribution in [0.25, 0.3) is 0 Å². The van der Waals surface area contributed by atoms with Crippen molar-refractivity contribution in [3.63, 3.8) is 0 Å². The second kappa shape index (κ2) is 12.1. The maximum absolute atomic E-state index is 5.50. The van der Waals surface area contributed by atoms with Crippen molar-refractivity contribution in [3.8, 4) is 0 Å². The van der Waals surface area contributed by atoms with Crippen LogP contribution in [0.5, 0.6) is 0 Å². The molecule has 29 heavy (non-hydrogen) atoms. The van der Waals surface area contributed by atoms with Crippen molar-refractivity contribution in [3.05, 3.63) is 60.3 Å². The van der Waals surface area contributed by atoms with Gasteiger partial charge in [-0.05, 0) is 0 Å². The topological polar surface area (TPSA) is 24.5 Å². The van der Waals surface area contributed by atoms with Gasteiger partial charge < -0.3 is 0 Å². The molecule has 0 unspecified atom stereocenters. The van der Waals surface area contributed by atoms with Gasteiger partial charge in [0.15, 0.2) is 0 Å². The number of rotatable bonds is 11. The second-order valence-corrected chi connectivity index (χ2v) is 12.1. The standard InChI is InChI=1S/C24H35N2OSSe/c1-5-22(28-18(2)3)24(25-26-16-10-11-19(26)17-27-4)21-14-9-15-23(21)29-20-12-7-6-8-13-20/h6-9,12-15,18-19,22,24-25H,5,10-11,16-17H2,1-4H3/t19-,22+,24+/m0/s1. The summed E-state index contributed by atoms with van der Waals surface area (Å²) in [6.07, 6.45) is 10.5. The van der Waals surface area contributed by atoms with Crippen molar-refractivity contribution < 1.29 is 4.74 Å². The normalized spacial score (nSPS) is 23.8. The van der Waals surface area contributed by atoms with Crippen LogP contribution in [-0.2, 0) is 4.74 Å². The van der Waals surface area contributed by atoms with Gasteiger partial charge in [-0.15, -0.1) is 0 Å². The van der Waals surface area contributed by atoms with Crippen molar-refractivity contribution in [1.29, 1.82) is 0 Å². The van der Waals surface area contributed by atoms with E-state index in [1.165, 1.54) is 28.0 Å². The average molecular weight is 479 g/mol. The minimum absolute atomic E-state index is 0.331. The van der Waals surface area contributed by atoms with Crippen molar-refractivity contribution in [1.82, 2.24) is 10.4 Å². The number of thioether (sulfide) groups is 1. The van der Waals surface area contributed by atoms with E-state index < -0.39 is 0 Å². The zero-order chi connectivity index (χ0) is 20.6. The van der Waals surface area contributed by atoms with Gasteiger partial charge in [-0.1, -0.05) is 0 Å². The SMILES string of the molecule is CC[C@@H](SC(C)C)[C@H](NN1CCC[C@H]1COC)[C]1[CH][CH][CH][C]1[Se]c1ccccc1. The minimum atomic E-state index is 0.331. The molecule has 159 valence electrons. The Morgan fingerprint density at radius 3 is 2.72 bits per heavy atom. The molecule has 1 aliphatic carbocycles. The fourth-order valence-corrected chi connectivity index (χ4v) is 7.41. The first-order valence-corrected chi connectivity index (χ1v) is 13.4. The number of hydrogen-bond donors (Lipinski definition) is 1. The van der Waals surface area contributed by atoms with Crippen LogP contribution in [0.4, 0.5) is 0 Å². The predicted molar refractivity (Wildman–Crippen MR) is 127 cm³/mol. The van der Waals surface area contributed by atoms with Crippen LogP contribution < -0.4 is 9.89 Å². The molecule has 5 radical (unpaired) electrons. The third-order valence-electron chi connectivity index (χ3n) is 5.38. The first-order chi connectivity index (χ1) is 14.1. The Kier molecular flexibility index (Phi) is 9.88. The van der Waals surface area contributed by atoms with Gasteiger partial charge in [0.1, 0.15) is 0 Å². The van der Waals surface area contributed by atoms with E-state index in [1.807, 2.05) is 7.11 Å². The summed E-state index contributed by atoms with van der Waals surface area (Å²) >= 11 is 2.44. The van der Waals surface area contributed by atoms with E-state index in [4.69, 9.17) is 4.74 Å². The van der Waals surface area contributed by atoms with Gasteiger partial charge in [0, 0.05) is 0 Å². The number of ether oxygens (including phenoxy) is 1. The summed E-state index contributed by atoms with van der Waals surface area (Å²) < 4.78 is 6.94. The van der Waals surface area contributed by atoms with E-state index >= 15 is 0 Å². The molecule has 5 heteroatoms. The molecule has 1 aliphatic heterocycles. The Morgan fingerprint density at radius 2 is 2.03 bits per heavy atom. The molecule has 1 aromatic rings. The van der Waals surface area contributed by atoms with Crippen molar-refractivity contribution in [2.45, 2.75) is 62.6 Å². The number of nitrogens with zero attached hydrogens (tertiary/aromatic N) is 1. The quantitative estimate of drug-likeness (QED) is 0.491. The van der Waals surface area contributed by atoms with Gasteiger partial charge in [0.25, 0.3) is 0 Å². The van der Waals surface area contributed by atoms with Gasteiger partial charge in [-0.2, -0.15) is 0 Å². The van der Waals surface area contributed by atoms with Crippen LogP contribution in [-0.4, -0.2) is 62.8 Å². The van der Waals surface area contributed by atoms with Crippen LogP contribution in [0.2, 0.25) is 0 Å².